The van der Waals surface area contributed by atoms with E-state index >= 15 is 0 Å². The van der Waals surface area contributed by atoms with Crippen molar-refractivity contribution in [3.05, 3.63) is 91.8 Å². The minimum absolute atomic E-state index is 0.539. The summed E-state index contributed by atoms with van der Waals surface area (Å²) in [6, 6.07) is 16.7. The lowest BCUT2D eigenvalue weighted by atomic mass is 9.87. The van der Waals surface area contributed by atoms with E-state index in [0.29, 0.717) is 5.92 Å². The van der Waals surface area contributed by atoms with Gasteiger partial charge in [-0.05, 0) is 66.3 Å². The SMILES string of the molecule is C=C(Nc1cncc(-c2ccc3[nH]nc(-c4cc5c(-c6cccnc6)ccnc5[nH]4)c3c2)c1)C1CCCCC1. The smallest absolute Gasteiger partial charge is 0.138 e. The van der Waals surface area contributed by atoms with E-state index in [-0.39, 0.29) is 0 Å². The molecule has 0 radical (unpaired) electrons. The highest BCUT2D eigenvalue weighted by molar-refractivity contribution is 6.00. The number of anilines is 1. The van der Waals surface area contributed by atoms with Crippen LogP contribution in [0.5, 0.6) is 0 Å². The quantitative estimate of drug-likeness (QED) is 0.213. The van der Waals surface area contributed by atoms with Crippen LogP contribution >= 0.6 is 0 Å². The molecule has 39 heavy (non-hydrogen) atoms. The lowest BCUT2D eigenvalue weighted by Crippen LogP contribution is -2.14. The summed E-state index contributed by atoms with van der Waals surface area (Å²) >= 11 is 0. The van der Waals surface area contributed by atoms with Gasteiger partial charge in [-0.25, -0.2) is 4.98 Å². The summed E-state index contributed by atoms with van der Waals surface area (Å²) in [5.74, 6) is 0.539. The van der Waals surface area contributed by atoms with Gasteiger partial charge in [0.25, 0.3) is 0 Å². The minimum Gasteiger partial charge on any atom is -0.358 e. The van der Waals surface area contributed by atoms with E-state index in [9.17, 15) is 0 Å². The number of benzene rings is 1. The molecule has 0 unspecified atom stereocenters. The predicted molar refractivity (Wildman–Crippen MR) is 157 cm³/mol. The molecule has 1 aromatic carbocycles. The van der Waals surface area contributed by atoms with E-state index in [1.807, 2.05) is 36.9 Å². The van der Waals surface area contributed by atoms with Gasteiger partial charge >= 0.3 is 0 Å². The highest BCUT2D eigenvalue weighted by atomic mass is 15.1. The van der Waals surface area contributed by atoms with Gasteiger partial charge in [0, 0.05) is 52.4 Å². The second-order valence-electron chi connectivity index (χ2n) is 10.3. The number of fused-ring (bicyclic) bond motifs is 2. The fourth-order valence-corrected chi connectivity index (χ4v) is 5.73. The Hall–Kier alpha value is -4.78. The molecule has 5 aromatic heterocycles. The number of nitrogens with one attached hydrogen (secondary N) is 3. The molecule has 0 aliphatic heterocycles. The number of H-pyrrole nitrogens is 2. The number of allylic oxidation sites excluding steroid dienone is 1. The predicted octanol–water partition coefficient (Wildman–Crippen LogP) is 7.74. The van der Waals surface area contributed by atoms with E-state index in [2.05, 4.69) is 78.4 Å². The Kier molecular flexibility index (Phi) is 5.89. The van der Waals surface area contributed by atoms with Crippen LogP contribution in [0.1, 0.15) is 32.1 Å². The number of nitrogens with zero attached hydrogens (tertiary/aromatic N) is 4. The number of hydrogen-bond donors (Lipinski definition) is 3. The fourth-order valence-electron chi connectivity index (χ4n) is 5.73. The van der Waals surface area contributed by atoms with Crippen LogP contribution in [-0.4, -0.2) is 30.1 Å². The van der Waals surface area contributed by atoms with Crippen molar-refractivity contribution in [2.45, 2.75) is 32.1 Å². The highest BCUT2D eigenvalue weighted by Crippen LogP contribution is 2.35. The molecule has 6 aromatic rings. The van der Waals surface area contributed by atoms with Crippen molar-refractivity contribution < 1.29 is 0 Å². The summed E-state index contributed by atoms with van der Waals surface area (Å²) in [6.45, 7) is 4.34. The molecular formula is C32H29N7. The lowest BCUT2D eigenvalue weighted by molar-refractivity contribution is 0.405. The first-order valence-electron chi connectivity index (χ1n) is 13.5. The second-order valence-corrected chi connectivity index (χ2v) is 10.3. The molecule has 3 N–H and O–H groups in total. The molecule has 1 aliphatic rings. The monoisotopic (exact) mass is 511 g/mol. The van der Waals surface area contributed by atoms with Gasteiger partial charge in [0.05, 0.1) is 23.1 Å². The second kappa shape index (κ2) is 9.83. The number of aromatic amines is 2. The summed E-state index contributed by atoms with van der Waals surface area (Å²) in [5, 5.41) is 13.5. The maximum atomic E-state index is 4.67. The van der Waals surface area contributed by atoms with Crippen LogP contribution in [0, 0.1) is 5.92 Å². The van der Waals surface area contributed by atoms with Crippen molar-refractivity contribution in [2.75, 3.05) is 5.32 Å². The molecule has 7 rings (SSSR count). The van der Waals surface area contributed by atoms with Gasteiger partial charge in [0.2, 0.25) is 0 Å². The normalized spacial score (nSPS) is 14.2. The van der Waals surface area contributed by atoms with Crippen molar-refractivity contribution >= 4 is 27.6 Å². The van der Waals surface area contributed by atoms with Gasteiger partial charge in [-0.3, -0.25) is 15.1 Å². The average molecular weight is 512 g/mol. The van der Waals surface area contributed by atoms with Crippen LogP contribution in [0.3, 0.4) is 0 Å². The zero-order chi connectivity index (χ0) is 26.2. The number of pyridine rings is 3. The van der Waals surface area contributed by atoms with E-state index < -0.39 is 0 Å². The van der Waals surface area contributed by atoms with Crippen LogP contribution in [0.2, 0.25) is 0 Å². The third kappa shape index (κ3) is 4.46. The largest absolute Gasteiger partial charge is 0.358 e. The first-order valence-corrected chi connectivity index (χ1v) is 13.5. The molecule has 0 bridgehead atoms. The number of aromatic nitrogens is 6. The molecular weight excluding hydrogens is 482 g/mol. The fraction of sp³-hybridized carbons (Fsp3) is 0.188. The number of rotatable bonds is 6. The summed E-state index contributed by atoms with van der Waals surface area (Å²) in [4.78, 5) is 16.9. The zero-order valence-electron chi connectivity index (χ0n) is 21.6. The summed E-state index contributed by atoms with van der Waals surface area (Å²) < 4.78 is 0. The van der Waals surface area contributed by atoms with Gasteiger partial charge in [0.15, 0.2) is 0 Å². The minimum atomic E-state index is 0.539. The van der Waals surface area contributed by atoms with E-state index in [1.54, 1.807) is 6.20 Å². The number of hydrogen-bond acceptors (Lipinski definition) is 5. The van der Waals surface area contributed by atoms with E-state index in [4.69, 9.17) is 0 Å². The van der Waals surface area contributed by atoms with Crippen molar-refractivity contribution in [2.24, 2.45) is 5.92 Å². The van der Waals surface area contributed by atoms with Gasteiger partial charge in [-0.2, -0.15) is 5.10 Å². The summed E-state index contributed by atoms with van der Waals surface area (Å²) in [7, 11) is 0. The lowest BCUT2D eigenvalue weighted by Gasteiger charge is -2.24. The Morgan fingerprint density at radius 2 is 1.74 bits per heavy atom. The molecule has 1 aliphatic carbocycles. The highest BCUT2D eigenvalue weighted by Gasteiger charge is 2.18. The molecule has 5 heterocycles. The van der Waals surface area contributed by atoms with E-state index in [0.717, 1.165) is 67.0 Å². The zero-order valence-corrected chi connectivity index (χ0v) is 21.6. The molecule has 0 atom stereocenters. The average Bonchev–Trinajstić information content (AvgIpc) is 3.62. The first-order chi connectivity index (χ1) is 19.2. The summed E-state index contributed by atoms with van der Waals surface area (Å²) in [6.07, 6.45) is 15.6. The summed E-state index contributed by atoms with van der Waals surface area (Å²) in [5.41, 5.74) is 9.89. The molecule has 1 saturated carbocycles. The Labute approximate surface area is 226 Å². The maximum Gasteiger partial charge on any atom is 0.138 e. The third-order valence-electron chi connectivity index (χ3n) is 7.80. The standard InChI is InChI=1S/C32H29N7/c1-20(21-6-3-2-4-7-21)36-25-14-24(18-34-19-25)22-9-10-29-28(15-22)31(39-38-29)30-16-27-26(11-13-35-32(27)37-30)23-8-5-12-33-17-23/h5,8-19,21,36H,1-4,6-7H2,(H,35,37)(H,38,39). The van der Waals surface area contributed by atoms with Gasteiger partial charge in [0.1, 0.15) is 11.3 Å². The molecule has 0 saturated heterocycles. The Balaban J connectivity index is 1.23. The topological polar surface area (TPSA) is 95.2 Å². The van der Waals surface area contributed by atoms with Crippen LogP contribution in [0.4, 0.5) is 5.69 Å². The van der Waals surface area contributed by atoms with Gasteiger partial charge in [-0.1, -0.05) is 38.0 Å². The van der Waals surface area contributed by atoms with Crippen molar-refractivity contribution in [1.29, 1.82) is 0 Å². The van der Waals surface area contributed by atoms with Crippen LogP contribution in [-0.2, 0) is 0 Å². The third-order valence-corrected chi connectivity index (χ3v) is 7.80. The van der Waals surface area contributed by atoms with Crippen molar-refractivity contribution in [3.8, 4) is 33.6 Å². The van der Waals surface area contributed by atoms with Gasteiger partial charge < -0.3 is 10.3 Å². The molecule has 1 fully saturated rings. The molecule has 192 valence electrons. The molecule has 0 spiro atoms. The molecule has 7 nitrogen and oxygen atoms in total. The van der Waals surface area contributed by atoms with Crippen molar-refractivity contribution in [3.63, 3.8) is 0 Å². The first kappa shape index (κ1) is 23.3. The molecule has 7 heteroatoms. The van der Waals surface area contributed by atoms with E-state index in [1.165, 1.54) is 32.1 Å². The Bertz CT molecular complexity index is 1790. The Morgan fingerprint density at radius 1 is 0.846 bits per heavy atom. The maximum absolute atomic E-state index is 4.67. The van der Waals surface area contributed by atoms with Gasteiger partial charge in [-0.15, -0.1) is 0 Å². The van der Waals surface area contributed by atoms with Crippen LogP contribution in [0.15, 0.2) is 91.8 Å². The molecule has 0 amide bonds. The van der Waals surface area contributed by atoms with Crippen LogP contribution in [0.25, 0.3) is 55.6 Å². The Morgan fingerprint density at radius 3 is 2.62 bits per heavy atom. The van der Waals surface area contributed by atoms with Crippen LogP contribution < -0.4 is 5.32 Å². The van der Waals surface area contributed by atoms with Crippen molar-refractivity contribution in [1.82, 2.24) is 30.1 Å².